The summed E-state index contributed by atoms with van der Waals surface area (Å²) < 4.78 is 0. The Morgan fingerprint density at radius 2 is 2.00 bits per heavy atom. The van der Waals surface area contributed by atoms with E-state index in [2.05, 4.69) is 0 Å². The van der Waals surface area contributed by atoms with Crippen molar-refractivity contribution in [3.8, 4) is 0 Å². The lowest BCUT2D eigenvalue weighted by Crippen LogP contribution is -1.72. The monoisotopic (exact) mass is 196 g/mol. The standard InChI is InChI=1S/C2H5Cl3P2/c3-6-1-2-7(4)5/h6H,1-2H2. The van der Waals surface area contributed by atoms with Gasteiger partial charge in [0.15, 0.2) is 0 Å². The number of hydrogen-bond acceptors (Lipinski definition) is 0. The summed E-state index contributed by atoms with van der Waals surface area (Å²) in [4.78, 5) is 0. The van der Waals surface area contributed by atoms with E-state index in [0.717, 1.165) is 12.3 Å². The molecular weight excluding hydrogens is 192 g/mol. The van der Waals surface area contributed by atoms with E-state index in [4.69, 9.17) is 33.7 Å². The van der Waals surface area contributed by atoms with Gasteiger partial charge in [0.05, 0.1) is 6.63 Å². The minimum absolute atomic E-state index is 0.470. The molecule has 0 radical (unpaired) electrons. The first kappa shape index (κ1) is 8.73. The van der Waals surface area contributed by atoms with Crippen molar-refractivity contribution in [3.05, 3.63) is 0 Å². The van der Waals surface area contributed by atoms with Gasteiger partial charge in [-0.2, -0.15) is 0 Å². The fourth-order valence-corrected chi connectivity index (χ4v) is 3.42. The van der Waals surface area contributed by atoms with Crippen LogP contribution in [0.3, 0.4) is 0 Å². The van der Waals surface area contributed by atoms with Crippen LogP contribution in [0.25, 0.3) is 0 Å². The van der Waals surface area contributed by atoms with Crippen molar-refractivity contribution in [2.75, 3.05) is 12.3 Å². The quantitative estimate of drug-likeness (QED) is 0.606. The van der Waals surface area contributed by atoms with Gasteiger partial charge in [-0.05, 0) is 14.1 Å². The van der Waals surface area contributed by atoms with Crippen LogP contribution in [0.4, 0.5) is 0 Å². The Morgan fingerprint density at radius 3 is 2.14 bits per heavy atom. The highest BCUT2D eigenvalue weighted by Gasteiger charge is 1.94. The Kier molecular flexibility index (Phi) is 7.31. The average Bonchev–Trinajstić information content (AvgIpc) is 1.61. The number of rotatable bonds is 3. The molecule has 0 aliphatic rings. The van der Waals surface area contributed by atoms with Crippen molar-refractivity contribution in [1.29, 1.82) is 0 Å². The molecule has 1 atom stereocenters. The summed E-state index contributed by atoms with van der Waals surface area (Å²) in [5.74, 6) is 0. The number of halogens is 3. The molecule has 0 nitrogen and oxygen atoms in total. The van der Waals surface area contributed by atoms with Crippen LogP contribution in [0, 0.1) is 0 Å². The molecule has 44 valence electrons. The molecule has 1 unspecified atom stereocenters. The second kappa shape index (κ2) is 5.86. The lowest BCUT2D eigenvalue weighted by Gasteiger charge is -1.93. The van der Waals surface area contributed by atoms with Gasteiger partial charge < -0.3 is 0 Å². The van der Waals surface area contributed by atoms with Crippen molar-refractivity contribution in [2.24, 2.45) is 0 Å². The summed E-state index contributed by atoms with van der Waals surface area (Å²) in [5.41, 5.74) is 0. The first-order valence-corrected chi connectivity index (χ1v) is 7.25. The predicted octanol–water partition coefficient (Wildman–Crippen LogP) is 3.61. The molecule has 7 heavy (non-hydrogen) atoms. The van der Waals surface area contributed by atoms with Gasteiger partial charge in [0.2, 0.25) is 0 Å². The molecule has 0 bridgehead atoms. The lowest BCUT2D eigenvalue weighted by molar-refractivity contribution is 1.55. The molecule has 0 saturated heterocycles. The van der Waals surface area contributed by atoms with Crippen molar-refractivity contribution in [2.45, 2.75) is 0 Å². The fraction of sp³-hybridized carbons (Fsp3) is 1.00. The van der Waals surface area contributed by atoms with E-state index in [1.807, 2.05) is 0 Å². The van der Waals surface area contributed by atoms with Crippen LogP contribution in [0.1, 0.15) is 0 Å². The van der Waals surface area contributed by atoms with E-state index in [1.54, 1.807) is 0 Å². The molecule has 0 N–H and O–H groups in total. The summed E-state index contributed by atoms with van der Waals surface area (Å²) in [6.45, 7) is -0.739. The zero-order valence-corrected chi connectivity index (χ0v) is 7.66. The second-order valence-corrected chi connectivity index (χ2v) is 6.50. The van der Waals surface area contributed by atoms with E-state index >= 15 is 0 Å². The summed E-state index contributed by atoms with van der Waals surface area (Å²) >= 11 is 16.2. The topological polar surface area (TPSA) is 0 Å². The van der Waals surface area contributed by atoms with Crippen molar-refractivity contribution in [3.63, 3.8) is 0 Å². The van der Waals surface area contributed by atoms with E-state index in [-0.39, 0.29) is 0 Å². The molecular formula is C2H5Cl3P2. The molecule has 0 heterocycles. The average molecular weight is 197 g/mol. The molecule has 0 aromatic rings. The van der Waals surface area contributed by atoms with Gasteiger partial charge in [-0.15, -0.1) is 11.2 Å². The fourth-order valence-electron chi connectivity index (χ4n) is 0.127. The summed E-state index contributed by atoms with van der Waals surface area (Å²) in [7, 11) is 0.470. The maximum atomic E-state index is 5.43. The molecule has 0 aromatic carbocycles. The van der Waals surface area contributed by atoms with E-state index in [9.17, 15) is 0 Å². The second-order valence-electron chi connectivity index (χ2n) is 0.910. The SMILES string of the molecule is ClPCCP(Cl)Cl. The Hall–Kier alpha value is 1.73. The Morgan fingerprint density at radius 1 is 1.43 bits per heavy atom. The van der Waals surface area contributed by atoms with Gasteiger partial charge in [0, 0.05) is 6.16 Å². The van der Waals surface area contributed by atoms with Crippen molar-refractivity contribution < 1.29 is 0 Å². The molecule has 0 amide bonds. The Bertz CT molecular complexity index is 39.9. The van der Waals surface area contributed by atoms with E-state index in [0.29, 0.717) is 7.93 Å². The zero-order valence-electron chi connectivity index (χ0n) is 3.50. The normalized spacial score (nSPS) is 12.0. The van der Waals surface area contributed by atoms with Gasteiger partial charge in [-0.3, -0.25) is 0 Å². The van der Waals surface area contributed by atoms with E-state index < -0.39 is 6.63 Å². The largest absolute Gasteiger partial charge is 0.100 e. The molecule has 0 aliphatic heterocycles. The van der Waals surface area contributed by atoms with Crippen LogP contribution in [0.15, 0.2) is 0 Å². The minimum atomic E-state index is -0.739. The van der Waals surface area contributed by atoms with E-state index in [1.165, 1.54) is 0 Å². The van der Waals surface area contributed by atoms with Crippen LogP contribution in [0.2, 0.25) is 0 Å². The number of hydrogen-bond donors (Lipinski definition) is 0. The maximum absolute atomic E-state index is 5.43. The van der Waals surface area contributed by atoms with Crippen molar-refractivity contribution in [1.82, 2.24) is 0 Å². The molecule has 0 rings (SSSR count). The van der Waals surface area contributed by atoms with Gasteiger partial charge in [-0.25, -0.2) is 0 Å². The Balaban J connectivity index is 2.68. The first-order valence-electron chi connectivity index (χ1n) is 1.70. The highest BCUT2D eigenvalue weighted by Crippen LogP contribution is 2.47. The van der Waals surface area contributed by atoms with Crippen LogP contribution >= 0.6 is 48.3 Å². The zero-order chi connectivity index (χ0) is 5.70. The predicted molar refractivity (Wildman–Crippen MR) is 42.5 cm³/mol. The van der Waals surface area contributed by atoms with Crippen LogP contribution in [-0.4, -0.2) is 12.3 Å². The third kappa shape index (κ3) is 7.73. The first-order chi connectivity index (χ1) is 3.27. The van der Waals surface area contributed by atoms with Crippen LogP contribution in [-0.2, 0) is 0 Å². The van der Waals surface area contributed by atoms with Crippen LogP contribution < -0.4 is 0 Å². The maximum Gasteiger partial charge on any atom is 0.0858 e. The van der Waals surface area contributed by atoms with Gasteiger partial charge >= 0.3 is 0 Å². The molecule has 0 fully saturated rings. The highest BCUT2D eigenvalue weighted by atomic mass is 35.9. The lowest BCUT2D eigenvalue weighted by atomic mass is 11.0. The van der Waals surface area contributed by atoms with Gasteiger partial charge in [0.25, 0.3) is 0 Å². The smallest absolute Gasteiger partial charge is 0.0858 e. The third-order valence-corrected chi connectivity index (χ3v) is 3.38. The van der Waals surface area contributed by atoms with Crippen molar-refractivity contribution >= 4 is 48.3 Å². The summed E-state index contributed by atoms with van der Waals surface area (Å²) in [6.07, 6.45) is 1.83. The molecule has 0 aromatic heterocycles. The minimum Gasteiger partial charge on any atom is -0.100 e. The molecule has 0 spiro atoms. The molecule has 0 aliphatic carbocycles. The molecule has 5 heteroatoms. The highest BCUT2D eigenvalue weighted by molar-refractivity contribution is 8.04. The van der Waals surface area contributed by atoms with Gasteiger partial charge in [0.1, 0.15) is 0 Å². The summed E-state index contributed by atoms with van der Waals surface area (Å²) in [5, 5.41) is 0. The van der Waals surface area contributed by atoms with Crippen LogP contribution in [0.5, 0.6) is 0 Å². The summed E-state index contributed by atoms with van der Waals surface area (Å²) in [6, 6.07) is 0. The third-order valence-electron chi connectivity index (χ3n) is 0.375. The molecule has 0 saturated carbocycles. The Labute approximate surface area is 60.8 Å². The van der Waals surface area contributed by atoms with Gasteiger partial charge in [-0.1, -0.05) is 22.5 Å².